The molecule has 1 heterocycles. The molecule has 0 aliphatic heterocycles. The van der Waals surface area contributed by atoms with Crippen molar-refractivity contribution in [2.24, 2.45) is 0 Å². The Bertz CT molecular complexity index is 528. The van der Waals surface area contributed by atoms with Gasteiger partial charge in [0, 0.05) is 6.20 Å². The van der Waals surface area contributed by atoms with Crippen LogP contribution in [0, 0.1) is 12.7 Å². The maximum Gasteiger partial charge on any atom is 0.125 e. The van der Waals surface area contributed by atoms with Gasteiger partial charge in [0.05, 0.1) is 23.6 Å². The fraction of sp³-hybridized carbons (Fsp3) is 0.167. The number of anilines is 2. The van der Waals surface area contributed by atoms with Gasteiger partial charge in [-0.3, -0.25) is 0 Å². The van der Waals surface area contributed by atoms with E-state index in [0.29, 0.717) is 23.7 Å². The second-order valence-electron chi connectivity index (χ2n) is 3.68. The molecule has 88 valence electrons. The van der Waals surface area contributed by atoms with E-state index >= 15 is 0 Å². The van der Waals surface area contributed by atoms with E-state index in [1.165, 1.54) is 18.2 Å². The number of aryl methyl sites for hydroxylation is 1. The van der Waals surface area contributed by atoms with Crippen LogP contribution >= 0.6 is 0 Å². The highest BCUT2D eigenvalue weighted by molar-refractivity contribution is 5.65. The van der Waals surface area contributed by atoms with Gasteiger partial charge in [-0.05, 0) is 31.2 Å². The van der Waals surface area contributed by atoms with Gasteiger partial charge < -0.3 is 11.1 Å². The van der Waals surface area contributed by atoms with E-state index < -0.39 is 0 Å². The molecule has 0 radical (unpaired) electrons. The van der Waals surface area contributed by atoms with E-state index in [2.05, 4.69) is 15.3 Å². The monoisotopic (exact) mass is 232 g/mol. The highest BCUT2D eigenvalue weighted by Gasteiger charge is 2.01. The normalized spacial score (nSPS) is 10.2. The molecule has 0 unspecified atom stereocenters. The van der Waals surface area contributed by atoms with Gasteiger partial charge in [-0.25, -0.2) is 14.4 Å². The number of nitrogen functional groups attached to an aromatic ring is 1. The quantitative estimate of drug-likeness (QED) is 0.795. The minimum atomic E-state index is -0.319. The second kappa shape index (κ2) is 4.78. The molecule has 0 aliphatic carbocycles. The van der Waals surface area contributed by atoms with Crippen LogP contribution < -0.4 is 11.1 Å². The molecule has 0 saturated carbocycles. The molecule has 1 aromatic heterocycles. The summed E-state index contributed by atoms with van der Waals surface area (Å²) in [6.07, 6.45) is 1.69. The van der Waals surface area contributed by atoms with Gasteiger partial charge in [-0.2, -0.15) is 0 Å². The molecule has 2 aromatic rings. The first-order valence-corrected chi connectivity index (χ1v) is 5.22. The van der Waals surface area contributed by atoms with Crippen molar-refractivity contribution >= 4 is 11.4 Å². The molecule has 3 N–H and O–H groups in total. The average molecular weight is 232 g/mol. The van der Waals surface area contributed by atoms with Crippen LogP contribution in [0.1, 0.15) is 11.5 Å². The van der Waals surface area contributed by atoms with Gasteiger partial charge in [0.25, 0.3) is 0 Å². The summed E-state index contributed by atoms with van der Waals surface area (Å²) < 4.78 is 13.0. The summed E-state index contributed by atoms with van der Waals surface area (Å²) in [6, 6.07) is 6.02. The van der Waals surface area contributed by atoms with Crippen molar-refractivity contribution in [2.75, 3.05) is 11.1 Å². The number of rotatable bonds is 3. The predicted molar refractivity (Wildman–Crippen MR) is 64.9 cm³/mol. The van der Waals surface area contributed by atoms with Crippen molar-refractivity contribution in [3.63, 3.8) is 0 Å². The van der Waals surface area contributed by atoms with Crippen LogP contribution in [0.15, 0.2) is 30.5 Å². The summed E-state index contributed by atoms with van der Waals surface area (Å²) in [5, 5.41) is 3.04. The molecule has 0 fully saturated rings. The van der Waals surface area contributed by atoms with Crippen LogP contribution in [0.2, 0.25) is 0 Å². The van der Waals surface area contributed by atoms with Crippen LogP contribution in [0.4, 0.5) is 15.8 Å². The van der Waals surface area contributed by atoms with Gasteiger partial charge in [-0.1, -0.05) is 0 Å². The van der Waals surface area contributed by atoms with Crippen LogP contribution in [0.3, 0.4) is 0 Å². The van der Waals surface area contributed by atoms with Crippen LogP contribution in [-0.2, 0) is 6.54 Å². The zero-order valence-electron chi connectivity index (χ0n) is 9.44. The number of nitrogens with zero attached hydrogens (tertiary/aromatic N) is 2. The molecular weight excluding hydrogens is 219 g/mol. The van der Waals surface area contributed by atoms with E-state index in [4.69, 9.17) is 5.73 Å². The minimum absolute atomic E-state index is 0.319. The number of benzene rings is 1. The molecule has 0 aliphatic rings. The van der Waals surface area contributed by atoms with Gasteiger partial charge in [0.15, 0.2) is 0 Å². The topological polar surface area (TPSA) is 63.8 Å². The third-order valence-corrected chi connectivity index (χ3v) is 2.31. The lowest BCUT2D eigenvalue weighted by molar-refractivity contribution is 0.628. The summed E-state index contributed by atoms with van der Waals surface area (Å²) >= 11 is 0. The van der Waals surface area contributed by atoms with E-state index in [1.807, 2.05) is 6.92 Å². The van der Waals surface area contributed by atoms with Crippen molar-refractivity contribution in [3.8, 4) is 0 Å². The van der Waals surface area contributed by atoms with E-state index in [-0.39, 0.29) is 5.82 Å². The number of halogens is 1. The molecule has 0 spiro atoms. The first-order valence-electron chi connectivity index (χ1n) is 5.22. The number of nitrogens with two attached hydrogens (primary N) is 1. The highest BCUT2D eigenvalue weighted by Crippen LogP contribution is 2.19. The Morgan fingerprint density at radius 3 is 2.94 bits per heavy atom. The van der Waals surface area contributed by atoms with Gasteiger partial charge in [-0.15, -0.1) is 0 Å². The molecule has 0 saturated heterocycles. The van der Waals surface area contributed by atoms with Gasteiger partial charge in [0.2, 0.25) is 0 Å². The Morgan fingerprint density at radius 1 is 1.35 bits per heavy atom. The zero-order chi connectivity index (χ0) is 12.3. The lowest BCUT2D eigenvalue weighted by Gasteiger charge is -2.09. The Labute approximate surface area is 98.7 Å². The molecule has 0 atom stereocenters. The maximum absolute atomic E-state index is 13.0. The Balaban J connectivity index is 2.09. The number of hydrogen-bond donors (Lipinski definition) is 2. The first-order chi connectivity index (χ1) is 8.15. The molecular formula is C12H13FN4. The van der Waals surface area contributed by atoms with Gasteiger partial charge in [0.1, 0.15) is 11.6 Å². The summed E-state index contributed by atoms with van der Waals surface area (Å²) in [5.41, 5.74) is 7.64. The largest absolute Gasteiger partial charge is 0.397 e. The van der Waals surface area contributed by atoms with Crippen molar-refractivity contribution < 1.29 is 4.39 Å². The lowest BCUT2D eigenvalue weighted by atomic mass is 10.2. The standard InChI is InChI=1S/C12H13FN4/c1-8-15-5-4-10(17-8)7-16-12-6-9(13)2-3-11(12)14/h2-6,16H,7,14H2,1H3. The van der Waals surface area contributed by atoms with Crippen molar-refractivity contribution in [3.05, 3.63) is 47.8 Å². The van der Waals surface area contributed by atoms with Crippen molar-refractivity contribution in [2.45, 2.75) is 13.5 Å². The number of hydrogen-bond acceptors (Lipinski definition) is 4. The Hall–Kier alpha value is -2.17. The van der Waals surface area contributed by atoms with Crippen LogP contribution in [0.25, 0.3) is 0 Å². The molecule has 0 amide bonds. The van der Waals surface area contributed by atoms with Crippen LogP contribution in [-0.4, -0.2) is 9.97 Å². The summed E-state index contributed by atoms with van der Waals surface area (Å²) in [4.78, 5) is 8.24. The van der Waals surface area contributed by atoms with Crippen LogP contribution in [0.5, 0.6) is 0 Å². The fourth-order valence-electron chi connectivity index (χ4n) is 1.47. The average Bonchev–Trinajstić information content (AvgIpc) is 2.30. The second-order valence-corrected chi connectivity index (χ2v) is 3.68. The number of nitrogens with one attached hydrogen (secondary N) is 1. The molecule has 4 nitrogen and oxygen atoms in total. The SMILES string of the molecule is Cc1nccc(CNc2cc(F)ccc2N)n1. The maximum atomic E-state index is 13.0. The smallest absolute Gasteiger partial charge is 0.125 e. The highest BCUT2D eigenvalue weighted by atomic mass is 19.1. The molecule has 2 rings (SSSR count). The third kappa shape index (κ3) is 2.90. The summed E-state index contributed by atoms with van der Waals surface area (Å²) in [6.45, 7) is 2.30. The lowest BCUT2D eigenvalue weighted by Crippen LogP contribution is -2.05. The Morgan fingerprint density at radius 2 is 2.18 bits per heavy atom. The molecule has 1 aromatic carbocycles. The summed E-state index contributed by atoms with van der Waals surface area (Å²) in [5.74, 6) is 0.386. The first kappa shape index (κ1) is 11.3. The summed E-state index contributed by atoms with van der Waals surface area (Å²) in [7, 11) is 0. The number of aromatic nitrogens is 2. The Kier molecular flexibility index (Phi) is 3.18. The van der Waals surface area contributed by atoms with E-state index in [9.17, 15) is 4.39 Å². The van der Waals surface area contributed by atoms with Gasteiger partial charge >= 0.3 is 0 Å². The van der Waals surface area contributed by atoms with E-state index in [0.717, 1.165) is 5.69 Å². The molecule has 17 heavy (non-hydrogen) atoms. The van der Waals surface area contributed by atoms with E-state index in [1.54, 1.807) is 12.3 Å². The molecule has 5 heteroatoms. The predicted octanol–water partition coefficient (Wildman–Crippen LogP) is 2.12. The minimum Gasteiger partial charge on any atom is -0.397 e. The fourth-order valence-corrected chi connectivity index (χ4v) is 1.47. The third-order valence-electron chi connectivity index (χ3n) is 2.31. The zero-order valence-corrected chi connectivity index (χ0v) is 9.44. The molecule has 0 bridgehead atoms. The van der Waals surface area contributed by atoms with Crippen molar-refractivity contribution in [1.29, 1.82) is 0 Å². The van der Waals surface area contributed by atoms with Crippen molar-refractivity contribution in [1.82, 2.24) is 9.97 Å².